The molecule has 0 spiro atoms. The summed E-state index contributed by atoms with van der Waals surface area (Å²) in [6.07, 6.45) is 11.7. The van der Waals surface area contributed by atoms with Gasteiger partial charge in [0.25, 0.3) is 0 Å². The van der Waals surface area contributed by atoms with Gasteiger partial charge < -0.3 is 10.6 Å². The SMILES string of the molecule is CC(NC(=O)Cc1ccc(NC(=O)N2CCCCc3ccccc32)cc1)C12CC3CC(CC(C3)C1)C2. The van der Waals surface area contributed by atoms with Gasteiger partial charge in [-0.15, -0.1) is 0 Å². The molecule has 2 aromatic carbocycles. The molecule has 7 rings (SSSR count). The molecule has 5 nitrogen and oxygen atoms in total. The fourth-order valence-corrected chi connectivity index (χ4v) is 8.14. The topological polar surface area (TPSA) is 61.4 Å². The minimum absolute atomic E-state index is 0.0979. The molecule has 1 aliphatic heterocycles. The molecule has 4 bridgehead atoms. The number of para-hydroxylation sites is 1. The first-order valence-electron chi connectivity index (χ1n) is 14.0. The van der Waals surface area contributed by atoms with Crippen molar-refractivity contribution in [1.82, 2.24) is 5.32 Å². The molecule has 190 valence electrons. The zero-order valence-corrected chi connectivity index (χ0v) is 21.5. The molecule has 1 heterocycles. The molecule has 2 aromatic rings. The van der Waals surface area contributed by atoms with Gasteiger partial charge >= 0.3 is 6.03 Å². The second-order valence-electron chi connectivity index (χ2n) is 12.1. The van der Waals surface area contributed by atoms with E-state index in [1.165, 1.54) is 44.1 Å². The first-order valence-corrected chi connectivity index (χ1v) is 14.0. The Bertz CT molecular complexity index is 1090. The van der Waals surface area contributed by atoms with Gasteiger partial charge in [0.1, 0.15) is 0 Å². The molecular weight excluding hydrogens is 446 g/mol. The molecule has 0 radical (unpaired) electrons. The highest BCUT2D eigenvalue weighted by molar-refractivity contribution is 6.02. The molecule has 1 atom stereocenters. The van der Waals surface area contributed by atoms with Crippen LogP contribution in [0.2, 0.25) is 0 Å². The van der Waals surface area contributed by atoms with Crippen molar-refractivity contribution in [2.45, 2.75) is 77.2 Å². The monoisotopic (exact) mass is 485 g/mol. The molecule has 5 aliphatic rings. The number of nitrogens with one attached hydrogen (secondary N) is 2. The van der Waals surface area contributed by atoms with Crippen molar-refractivity contribution in [3.8, 4) is 0 Å². The third-order valence-corrected chi connectivity index (χ3v) is 9.56. The van der Waals surface area contributed by atoms with E-state index in [1.807, 2.05) is 47.4 Å². The van der Waals surface area contributed by atoms with Gasteiger partial charge in [-0.05, 0) is 117 Å². The number of nitrogens with zero attached hydrogens (tertiary/aromatic N) is 1. The number of rotatable bonds is 5. The predicted molar refractivity (Wildman–Crippen MR) is 144 cm³/mol. The van der Waals surface area contributed by atoms with E-state index in [4.69, 9.17) is 0 Å². The number of hydrogen-bond acceptors (Lipinski definition) is 2. The number of carbonyl (C=O) groups is 2. The van der Waals surface area contributed by atoms with Crippen LogP contribution in [0.25, 0.3) is 0 Å². The zero-order valence-electron chi connectivity index (χ0n) is 21.5. The van der Waals surface area contributed by atoms with Gasteiger partial charge in [0.15, 0.2) is 0 Å². The van der Waals surface area contributed by atoms with E-state index in [0.29, 0.717) is 11.8 Å². The summed E-state index contributed by atoms with van der Waals surface area (Å²) in [6.45, 7) is 2.97. The van der Waals surface area contributed by atoms with E-state index in [0.717, 1.165) is 60.5 Å². The van der Waals surface area contributed by atoms with Crippen LogP contribution in [0.1, 0.15) is 69.4 Å². The minimum Gasteiger partial charge on any atom is -0.353 e. The molecule has 3 amide bonds. The van der Waals surface area contributed by atoms with Crippen molar-refractivity contribution in [3.05, 3.63) is 59.7 Å². The third kappa shape index (κ3) is 4.65. The van der Waals surface area contributed by atoms with Crippen LogP contribution in [0.3, 0.4) is 0 Å². The Morgan fingerprint density at radius 2 is 1.61 bits per heavy atom. The number of benzene rings is 2. The molecule has 1 unspecified atom stereocenters. The lowest BCUT2D eigenvalue weighted by atomic mass is 9.48. The molecule has 36 heavy (non-hydrogen) atoms. The molecule has 4 fully saturated rings. The fourth-order valence-electron chi connectivity index (χ4n) is 8.14. The first kappa shape index (κ1) is 23.6. The number of hydrogen-bond donors (Lipinski definition) is 2. The third-order valence-electron chi connectivity index (χ3n) is 9.56. The van der Waals surface area contributed by atoms with Gasteiger partial charge in [0.05, 0.1) is 6.42 Å². The van der Waals surface area contributed by atoms with E-state index in [1.54, 1.807) is 0 Å². The van der Waals surface area contributed by atoms with Crippen LogP contribution >= 0.6 is 0 Å². The van der Waals surface area contributed by atoms with Crippen molar-refractivity contribution >= 4 is 23.3 Å². The molecule has 2 N–H and O–H groups in total. The lowest BCUT2D eigenvalue weighted by molar-refractivity contribution is -0.125. The fraction of sp³-hybridized carbons (Fsp3) is 0.548. The average molecular weight is 486 g/mol. The lowest BCUT2D eigenvalue weighted by Gasteiger charge is -2.59. The van der Waals surface area contributed by atoms with Gasteiger partial charge in [0.2, 0.25) is 5.91 Å². The summed E-state index contributed by atoms with van der Waals surface area (Å²) < 4.78 is 0. The van der Waals surface area contributed by atoms with Gasteiger partial charge in [-0.1, -0.05) is 30.3 Å². The van der Waals surface area contributed by atoms with Crippen molar-refractivity contribution in [2.75, 3.05) is 16.8 Å². The molecule has 5 heteroatoms. The smallest absolute Gasteiger partial charge is 0.326 e. The van der Waals surface area contributed by atoms with Crippen molar-refractivity contribution < 1.29 is 9.59 Å². The standard InChI is InChI=1S/C31H39N3O2/c1-21(31-18-23-14-24(19-31)16-25(15-23)20-31)32-29(35)17-22-9-11-27(12-10-22)33-30(36)34-13-5-4-7-26-6-2-3-8-28(26)34/h2-3,6,8-12,21,23-25H,4-5,7,13-20H2,1H3,(H,32,35)(H,33,36). The van der Waals surface area contributed by atoms with Crippen LogP contribution in [0, 0.1) is 23.2 Å². The van der Waals surface area contributed by atoms with Crippen LogP contribution in [0.4, 0.5) is 16.2 Å². The summed E-state index contributed by atoms with van der Waals surface area (Å²) in [7, 11) is 0. The highest BCUT2D eigenvalue weighted by atomic mass is 16.2. The van der Waals surface area contributed by atoms with Gasteiger partial charge in [-0.25, -0.2) is 4.79 Å². The van der Waals surface area contributed by atoms with Crippen molar-refractivity contribution in [3.63, 3.8) is 0 Å². The van der Waals surface area contributed by atoms with E-state index < -0.39 is 0 Å². The van der Waals surface area contributed by atoms with Crippen LogP contribution < -0.4 is 15.5 Å². The summed E-state index contributed by atoms with van der Waals surface area (Å²) in [6, 6.07) is 16.1. The van der Waals surface area contributed by atoms with Gasteiger partial charge in [-0.2, -0.15) is 0 Å². The van der Waals surface area contributed by atoms with Crippen molar-refractivity contribution in [2.24, 2.45) is 23.2 Å². The number of fused-ring (bicyclic) bond motifs is 1. The second kappa shape index (κ2) is 9.57. The van der Waals surface area contributed by atoms with E-state index in [2.05, 4.69) is 23.6 Å². The maximum absolute atomic E-state index is 13.1. The molecule has 0 aromatic heterocycles. The Balaban J connectivity index is 1.05. The Kier molecular flexibility index (Phi) is 6.27. The quantitative estimate of drug-likeness (QED) is 0.520. The molecule has 4 aliphatic carbocycles. The Labute approximate surface area is 215 Å². The van der Waals surface area contributed by atoms with Gasteiger partial charge in [-0.3, -0.25) is 9.69 Å². The van der Waals surface area contributed by atoms with E-state index in [-0.39, 0.29) is 18.0 Å². The van der Waals surface area contributed by atoms with Crippen LogP contribution in [-0.2, 0) is 17.6 Å². The minimum atomic E-state index is -0.0979. The molecule has 0 saturated heterocycles. The van der Waals surface area contributed by atoms with Gasteiger partial charge in [0, 0.05) is 24.0 Å². The number of aryl methyl sites for hydroxylation is 1. The highest BCUT2D eigenvalue weighted by Crippen LogP contribution is 2.61. The Morgan fingerprint density at radius 1 is 0.944 bits per heavy atom. The molecule has 4 saturated carbocycles. The second-order valence-corrected chi connectivity index (χ2v) is 12.1. The zero-order chi connectivity index (χ0) is 24.7. The summed E-state index contributed by atoms with van der Waals surface area (Å²) in [5.74, 6) is 2.78. The van der Waals surface area contributed by atoms with E-state index >= 15 is 0 Å². The van der Waals surface area contributed by atoms with E-state index in [9.17, 15) is 9.59 Å². The Morgan fingerprint density at radius 3 is 2.31 bits per heavy atom. The number of carbonyl (C=O) groups excluding carboxylic acids is 2. The molecular formula is C31H39N3O2. The largest absolute Gasteiger partial charge is 0.353 e. The predicted octanol–water partition coefficient (Wildman–Crippen LogP) is 6.33. The highest BCUT2D eigenvalue weighted by Gasteiger charge is 2.53. The maximum Gasteiger partial charge on any atom is 0.326 e. The first-order chi connectivity index (χ1) is 17.5. The van der Waals surface area contributed by atoms with Crippen LogP contribution in [0.5, 0.6) is 0 Å². The summed E-state index contributed by atoms with van der Waals surface area (Å²) in [5.41, 5.74) is 4.30. The average Bonchev–Trinajstić information content (AvgIpc) is 3.07. The van der Waals surface area contributed by atoms with Crippen molar-refractivity contribution in [1.29, 1.82) is 0 Å². The number of urea groups is 1. The summed E-state index contributed by atoms with van der Waals surface area (Å²) in [5, 5.41) is 6.43. The lowest BCUT2D eigenvalue weighted by Crippen LogP contribution is -2.56. The summed E-state index contributed by atoms with van der Waals surface area (Å²) in [4.78, 5) is 27.9. The van der Waals surface area contributed by atoms with Crippen LogP contribution in [0.15, 0.2) is 48.5 Å². The number of amides is 3. The van der Waals surface area contributed by atoms with Crippen LogP contribution in [-0.4, -0.2) is 24.5 Å². The maximum atomic E-state index is 13.1. The number of anilines is 2. The normalized spacial score (nSPS) is 29.2. The summed E-state index contributed by atoms with van der Waals surface area (Å²) >= 11 is 0. The Hall–Kier alpha value is -2.82.